The van der Waals surface area contributed by atoms with Crippen molar-refractivity contribution in [1.29, 1.82) is 0 Å². The van der Waals surface area contributed by atoms with E-state index in [1.54, 1.807) is 12.3 Å². The standard InChI is InChI=1S/C14H21ClN4O/c1-2-7-19-14(20)13(15)12(9-17-19)18-11-6-4-3-5-10(11)8-16/h2,9-11,18H,1,3-8,16H2. The van der Waals surface area contributed by atoms with Gasteiger partial charge in [-0.1, -0.05) is 30.5 Å². The summed E-state index contributed by atoms with van der Waals surface area (Å²) in [6.07, 6.45) is 7.78. The van der Waals surface area contributed by atoms with Gasteiger partial charge in [0.25, 0.3) is 5.56 Å². The minimum Gasteiger partial charge on any atom is -0.379 e. The van der Waals surface area contributed by atoms with E-state index < -0.39 is 0 Å². The van der Waals surface area contributed by atoms with Gasteiger partial charge in [-0.3, -0.25) is 4.79 Å². The molecule has 0 amide bonds. The van der Waals surface area contributed by atoms with Gasteiger partial charge in [0.05, 0.1) is 18.4 Å². The fourth-order valence-electron chi connectivity index (χ4n) is 2.70. The van der Waals surface area contributed by atoms with Crippen LogP contribution in [-0.2, 0) is 6.54 Å². The highest BCUT2D eigenvalue weighted by molar-refractivity contribution is 6.32. The normalized spacial score (nSPS) is 22.5. The number of hydrogen-bond donors (Lipinski definition) is 2. The first-order valence-corrected chi connectivity index (χ1v) is 7.38. The number of nitrogens with one attached hydrogen (secondary N) is 1. The Labute approximate surface area is 123 Å². The molecular formula is C14H21ClN4O. The fraction of sp³-hybridized carbons (Fsp3) is 0.571. The Morgan fingerprint density at radius 2 is 2.30 bits per heavy atom. The number of allylic oxidation sites excluding steroid dienone is 1. The average molecular weight is 297 g/mol. The number of nitrogens with zero attached hydrogens (tertiary/aromatic N) is 2. The van der Waals surface area contributed by atoms with Gasteiger partial charge >= 0.3 is 0 Å². The second kappa shape index (κ2) is 6.90. The largest absolute Gasteiger partial charge is 0.379 e. The average Bonchev–Trinajstić information content (AvgIpc) is 2.47. The lowest BCUT2D eigenvalue weighted by Crippen LogP contribution is -2.37. The molecule has 6 heteroatoms. The molecule has 0 aliphatic heterocycles. The molecule has 1 aromatic heterocycles. The molecule has 0 spiro atoms. The van der Waals surface area contributed by atoms with E-state index in [9.17, 15) is 4.79 Å². The van der Waals surface area contributed by atoms with Crippen LogP contribution in [0.4, 0.5) is 5.69 Å². The summed E-state index contributed by atoms with van der Waals surface area (Å²) in [5, 5.41) is 7.63. The van der Waals surface area contributed by atoms with Crippen LogP contribution in [0.3, 0.4) is 0 Å². The van der Waals surface area contributed by atoms with Gasteiger partial charge in [0.2, 0.25) is 0 Å². The predicted octanol–water partition coefficient (Wildman–Crippen LogP) is 2.01. The molecule has 1 saturated carbocycles. The molecule has 2 atom stereocenters. The molecule has 3 N–H and O–H groups in total. The predicted molar refractivity (Wildman–Crippen MR) is 82.1 cm³/mol. The Morgan fingerprint density at radius 1 is 1.55 bits per heavy atom. The summed E-state index contributed by atoms with van der Waals surface area (Å²) < 4.78 is 1.29. The highest BCUT2D eigenvalue weighted by Crippen LogP contribution is 2.28. The van der Waals surface area contributed by atoms with Crippen LogP contribution in [0.1, 0.15) is 25.7 Å². The second-order valence-electron chi connectivity index (χ2n) is 5.18. The van der Waals surface area contributed by atoms with Crippen molar-refractivity contribution in [2.24, 2.45) is 11.7 Å². The van der Waals surface area contributed by atoms with Gasteiger partial charge in [-0.2, -0.15) is 5.10 Å². The highest BCUT2D eigenvalue weighted by atomic mass is 35.5. The number of hydrogen-bond acceptors (Lipinski definition) is 4. The Bertz CT molecular complexity index is 528. The zero-order valence-electron chi connectivity index (χ0n) is 11.5. The maximum atomic E-state index is 12.0. The molecule has 0 bridgehead atoms. The van der Waals surface area contributed by atoms with Crippen molar-refractivity contribution in [2.45, 2.75) is 38.3 Å². The molecule has 0 saturated heterocycles. The Kier molecular flexibility index (Phi) is 5.20. The van der Waals surface area contributed by atoms with Crippen LogP contribution in [-0.4, -0.2) is 22.4 Å². The fourth-order valence-corrected chi connectivity index (χ4v) is 2.90. The van der Waals surface area contributed by atoms with Crippen molar-refractivity contribution in [3.8, 4) is 0 Å². The third-order valence-corrected chi connectivity index (χ3v) is 4.20. The van der Waals surface area contributed by atoms with E-state index in [-0.39, 0.29) is 16.6 Å². The minimum atomic E-state index is -0.295. The van der Waals surface area contributed by atoms with E-state index in [0.29, 0.717) is 24.7 Å². The first-order valence-electron chi connectivity index (χ1n) is 7.00. The lowest BCUT2D eigenvalue weighted by atomic mass is 9.84. The van der Waals surface area contributed by atoms with E-state index in [0.717, 1.165) is 12.8 Å². The summed E-state index contributed by atoms with van der Waals surface area (Å²) in [5.41, 5.74) is 6.12. The van der Waals surface area contributed by atoms with E-state index in [1.807, 2.05) is 0 Å². The Hall–Kier alpha value is -1.33. The molecule has 110 valence electrons. The minimum absolute atomic E-state index is 0.184. The summed E-state index contributed by atoms with van der Waals surface area (Å²) in [6, 6.07) is 0.266. The first kappa shape index (κ1) is 15.1. The number of rotatable bonds is 5. The maximum absolute atomic E-state index is 12.0. The Morgan fingerprint density at radius 3 is 3.00 bits per heavy atom. The molecule has 1 heterocycles. The summed E-state index contributed by atoms with van der Waals surface area (Å²) in [7, 11) is 0. The van der Waals surface area contributed by atoms with Crippen molar-refractivity contribution in [3.63, 3.8) is 0 Å². The van der Waals surface area contributed by atoms with Crippen LogP contribution in [0.2, 0.25) is 5.02 Å². The lowest BCUT2D eigenvalue weighted by Gasteiger charge is -2.32. The molecule has 2 rings (SSSR count). The van der Waals surface area contributed by atoms with Crippen molar-refractivity contribution in [2.75, 3.05) is 11.9 Å². The van der Waals surface area contributed by atoms with E-state index in [2.05, 4.69) is 17.0 Å². The molecule has 0 aromatic carbocycles. The van der Waals surface area contributed by atoms with Crippen molar-refractivity contribution in [3.05, 3.63) is 34.2 Å². The number of aromatic nitrogens is 2. The smallest absolute Gasteiger partial charge is 0.287 e. The molecular weight excluding hydrogens is 276 g/mol. The van der Waals surface area contributed by atoms with E-state index >= 15 is 0 Å². The van der Waals surface area contributed by atoms with Crippen LogP contribution < -0.4 is 16.6 Å². The van der Waals surface area contributed by atoms with Crippen LogP contribution in [0.25, 0.3) is 0 Å². The van der Waals surface area contributed by atoms with Crippen molar-refractivity contribution < 1.29 is 0 Å². The molecule has 1 aliphatic carbocycles. The number of nitrogens with two attached hydrogens (primary N) is 1. The topological polar surface area (TPSA) is 72.9 Å². The molecule has 1 aromatic rings. The van der Waals surface area contributed by atoms with Gasteiger partial charge < -0.3 is 11.1 Å². The lowest BCUT2D eigenvalue weighted by molar-refractivity contribution is 0.332. The van der Waals surface area contributed by atoms with Gasteiger partial charge in [0.1, 0.15) is 5.02 Å². The van der Waals surface area contributed by atoms with Crippen LogP contribution in [0.15, 0.2) is 23.6 Å². The highest BCUT2D eigenvalue weighted by Gasteiger charge is 2.24. The van der Waals surface area contributed by atoms with Gasteiger partial charge in [-0.25, -0.2) is 4.68 Å². The molecule has 1 fully saturated rings. The van der Waals surface area contributed by atoms with Gasteiger partial charge in [-0.05, 0) is 25.3 Å². The summed E-state index contributed by atoms with van der Waals surface area (Å²) in [5.74, 6) is 0.426. The number of anilines is 1. The zero-order chi connectivity index (χ0) is 14.5. The molecule has 0 radical (unpaired) electrons. The molecule has 1 aliphatic rings. The maximum Gasteiger partial charge on any atom is 0.287 e. The zero-order valence-corrected chi connectivity index (χ0v) is 12.3. The summed E-state index contributed by atoms with van der Waals surface area (Å²) >= 11 is 6.14. The van der Waals surface area contributed by atoms with E-state index in [4.69, 9.17) is 17.3 Å². The third-order valence-electron chi connectivity index (χ3n) is 3.84. The van der Waals surface area contributed by atoms with Gasteiger partial charge in [0, 0.05) is 6.04 Å². The summed E-state index contributed by atoms with van der Waals surface area (Å²) in [4.78, 5) is 12.0. The van der Waals surface area contributed by atoms with Gasteiger partial charge in [0.15, 0.2) is 0 Å². The monoisotopic (exact) mass is 296 g/mol. The molecule has 20 heavy (non-hydrogen) atoms. The van der Waals surface area contributed by atoms with Gasteiger partial charge in [-0.15, -0.1) is 6.58 Å². The van der Waals surface area contributed by atoms with Crippen LogP contribution in [0.5, 0.6) is 0 Å². The second-order valence-corrected chi connectivity index (χ2v) is 5.56. The quantitative estimate of drug-likeness (QED) is 0.815. The Balaban J connectivity index is 2.19. The van der Waals surface area contributed by atoms with E-state index in [1.165, 1.54) is 17.5 Å². The third kappa shape index (κ3) is 3.22. The van der Waals surface area contributed by atoms with Crippen molar-refractivity contribution in [1.82, 2.24) is 9.78 Å². The SMILES string of the molecule is C=CCn1ncc(NC2CCCCC2CN)c(Cl)c1=O. The van der Waals surface area contributed by atoms with Crippen LogP contribution >= 0.6 is 11.6 Å². The molecule has 5 nitrogen and oxygen atoms in total. The van der Waals surface area contributed by atoms with Crippen molar-refractivity contribution >= 4 is 17.3 Å². The molecule has 2 unspecified atom stereocenters. The van der Waals surface area contributed by atoms with Crippen LogP contribution in [0, 0.1) is 5.92 Å². The summed E-state index contributed by atoms with van der Waals surface area (Å²) in [6.45, 7) is 4.60. The first-order chi connectivity index (χ1) is 9.67. The number of halogens is 1.